The van der Waals surface area contributed by atoms with Gasteiger partial charge in [-0.05, 0) is 61.6 Å². The van der Waals surface area contributed by atoms with Crippen molar-refractivity contribution in [2.45, 2.75) is 44.6 Å². The maximum Gasteiger partial charge on any atom is 0.00982 e. The average Bonchev–Trinajstić information content (AvgIpc) is 3.14. The second-order valence-corrected chi connectivity index (χ2v) is 5.93. The second-order valence-electron chi connectivity index (χ2n) is 5.93. The summed E-state index contributed by atoms with van der Waals surface area (Å²) in [7, 11) is 2.13. The summed E-state index contributed by atoms with van der Waals surface area (Å²) < 4.78 is 0. The maximum atomic E-state index is 3.55. The molecule has 1 saturated carbocycles. The summed E-state index contributed by atoms with van der Waals surface area (Å²) in [6.07, 6.45) is 5.54. The van der Waals surface area contributed by atoms with E-state index < -0.39 is 0 Å². The Balaban J connectivity index is 1.63. The molecular weight excluding hydrogens is 206 g/mol. The minimum atomic E-state index is 0.709. The molecule has 3 rings (SSSR count). The van der Waals surface area contributed by atoms with Gasteiger partial charge in [-0.25, -0.2) is 0 Å². The molecule has 17 heavy (non-hydrogen) atoms. The van der Waals surface area contributed by atoms with E-state index in [-0.39, 0.29) is 0 Å². The molecule has 0 spiro atoms. The number of fused-ring (bicyclic) bond motifs is 1. The third kappa shape index (κ3) is 2.13. The van der Waals surface area contributed by atoms with Crippen molar-refractivity contribution in [2.75, 3.05) is 7.05 Å². The van der Waals surface area contributed by atoms with E-state index in [1.165, 1.54) is 25.7 Å². The number of nitrogens with one attached hydrogen (secondary N) is 1. The van der Waals surface area contributed by atoms with E-state index in [1.807, 2.05) is 0 Å². The maximum absolute atomic E-state index is 3.55. The molecule has 1 heteroatoms. The Morgan fingerprint density at radius 3 is 2.71 bits per heavy atom. The third-order valence-electron chi connectivity index (χ3n) is 4.87. The lowest BCUT2D eigenvalue weighted by atomic mass is 9.73. The molecule has 2 aliphatic carbocycles. The van der Waals surface area contributed by atoms with Crippen LogP contribution in [0.25, 0.3) is 0 Å². The SMILES string of the molecule is CNC(CC1Cc2ccccc21)C(C)C1CC1. The number of rotatable bonds is 5. The zero-order valence-electron chi connectivity index (χ0n) is 10.9. The minimum Gasteiger partial charge on any atom is -0.317 e. The van der Waals surface area contributed by atoms with E-state index in [0.29, 0.717) is 6.04 Å². The third-order valence-corrected chi connectivity index (χ3v) is 4.87. The van der Waals surface area contributed by atoms with Gasteiger partial charge in [-0.1, -0.05) is 31.2 Å². The number of hydrogen-bond acceptors (Lipinski definition) is 1. The molecule has 2 aliphatic rings. The molecule has 0 aromatic heterocycles. The van der Waals surface area contributed by atoms with Crippen molar-refractivity contribution >= 4 is 0 Å². The van der Waals surface area contributed by atoms with Gasteiger partial charge in [-0.2, -0.15) is 0 Å². The second kappa shape index (κ2) is 4.45. The van der Waals surface area contributed by atoms with Crippen LogP contribution >= 0.6 is 0 Å². The first-order valence-electron chi connectivity index (χ1n) is 7.04. The quantitative estimate of drug-likeness (QED) is 0.816. The van der Waals surface area contributed by atoms with Crippen molar-refractivity contribution in [1.29, 1.82) is 0 Å². The Morgan fingerprint density at radius 2 is 2.06 bits per heavy atom. The van der Waals surface area contributed by atoms with Gasteiger partial charge in [0.05, 0.1) is 0 Å². The monoisotopic (exact) mass is 229 g/mol. The molecule has 0 amide bonds. The van der Waals surface area contributed by atoms with Gasteiger partial charge in [-0.3, -0.25) is 0 Å². The summed E-state index contributed by atoms with van der Waals surface area (Å²) in [5.74, 6) is 2.67. The summed E-state index contributed by atoms with van der Waals surface area (Å²) in [4.78, 5) is 0. The Kier molecular flexibility index (Phi) is 2.96. The fraction of sp³-hybridized carbons (Fsp3) is 0.625. The molecule has 1 nitrogen and oxygen atoms in total. The number of benzene rings is 1. The van der Waals surface area contributed by atoms with Crippen LogP contribution < -0.4 is 5.32 Å². The molecule has 1 aromatic rings. The highest BCUT2D eigenvalue weighted by Gasteiger charge is 2.35. The van der Waals surface area contributed by atoms with E-state index in [0.717, 1.165) is 17.8 Å². The molecule has 92 valence electrons. The normalized spacial score (nSPS) is 25.9. The van der Waals surface area contributed by atoms with Crippen LogP contribution in [-0.2, 0) is 6.42 Å². The molecule has 3 atom stereocenters. The topological polar surface area (TPSA) is 12.0 Å². The Hall–Kier alpha value is -0.820. The van der Waals surface area contributed by atoms with Crippen LogP contribution in [-0.4, -0.2) is 13.1 Å². The van der Waals surface area contributed by atoms with E-state index in [9.17, 15) is 0 Å². The highest BCUT2D eigenvalue weighted by Crippen LogP contribution is 2.43. The summed E-state index contributed by atoms with van der Waals surface area (Å²) in [6.45, 7) is 2.43. The molecule has 1 N–H and O–H groups in total. The molecule has 0 saturated heterocycles. The minimum absolute atomic E-state index is 0.709. The van der Waals surface area contributed by atoms with Crippen LogP contribution in [0.5, 0.6) is 0 Å². The first-order valence-corrected chi connectivity index (χ1v) is 7.04. The Bertz CT molecular complexity index is 394. The number of hydrogen-bond donors (Lipinski definition) is 1. The van der Waals surface area contributed by atoms with Gasteiger partial charge >= 0.3 is 0 Å². The fourth-order valence-electron chi connectivity index (χ4n) is 3.43. The smallest absolute Gasteiger partial charge is 0.00982 e. The predicted molar refractivity (Wildman–Crippen MR) is 72.2 cm³/mol. The molecular formula is C16H23N. The van der Waals surface area contributed by atoms with Gasteiger partial charge in [0.2, 0.25) is 0 Å². The van der Waals surface area contributed by atoms with Crippen LogP contribution in [0.1, 0.15) is 43.2 Å². The first-order chi connectivity index (χ1) is 8.29. The first kappa shape index (κ1) is 11.3. The van der Waals surface area contributed by atoms with Crippen LogP contribution in [0.3, 0.4) is 0 Å². The highest BCUT2D eigenvalue weighted by molar-refractivity contribution is 5.39. The van der Waals surface area contributed by atoms with Gasteiger partial charge in [0, 0.05) is 6.04 Å². The fourth-order valence-corrected chi connectivity index (χ4v) is 3.43. The van der Waals surface area contributed by atoms with Crippen LogP contribution in [0.2, 0.25) is 0 Å². The predicted octanol–water partition coefficient (Wildman–Crippen LogP) is 3.35. The Labute approximate surface area is 105 Å². The van der Waals surface area contributed by atoms with E-state index >= 15 is 0 Å². The molecule has 0 heterocycles. The summed E-state index contributed by atoms with van der Waals surface area (Å²) in [5.41, 5.74) is 3.18. The molecule has 1 aromatic carbocycles. The summed E-state index contributed by atoms with van der Waals surface area (Å²) >= 11 is 0. The summed E-state index contributed by atoms with van der Waals surface area (Å²) in [6, 6.07) is 9.66. The van der Waals surface area contributed by atoms with Gasteiger partial charge in [0.25, 0.3) is 0 Å². The lowest BCUT2D eigenvalue weighted by molar-refractivity contribution is 0.313. The van der Waals surface area contributed by atoms with Gasteiger partial charge in [0.1, 0.15) is 0 Å². The van der Waals surface area contributed by atoms with Crippen molar-refractivity contribution in [2.24, 2.45) is 11.8 Å². The molecule has 0 radical (unpaired) electrons. The van der Waals surface area contributed by atoms with E-state index in [1.54, 1.807) is 11.1 Å². The van der Waals surface area contributed by atoms with Crippen molar-refractivity contribution < 1.29 is 0 Å². The highest BCUT2D eigenvalue weighted by atomic mass is 14.9. The Morgan fingerprint density at radius 1 is 1.29 bits per heavy atom. The van der Waals surface area contributed by atoms with Gasteiger partial charge in [0.15, 0.2) is 0 Å². The largest absolute Gasteiger partial charge is 0.317 e. The zero-order chi connectivity index (χ0) is 11.8. The summed E-state index contributed by atoms with van der Waals surface area (Å²) in [5, 5.41) is 3.55. The standard InChI is InChI=1S/C16H23N/c1-11(12-7-8-12)16(17-2)10-14-9-13-5-3-4-6-15(13)14/h3-6,11-12,14,16-17H,7-10H2,1-2H3. The van der Waals surface area contributed by atoms with Crippen molar-refractivity contribution in [1.82, 2.24) is 5.32 Å². The molecule has 3 unspecified atom stereocenters. The average molecular weight is 229 g/mol. The van der Waals surface area contributed by atoms with Crippen LogP contribution in [0.4, 0.5) is 0 Å². The van der Waals surface area contributed by atoms with Crippen LogP contribution in [0.15, 0.2) is 24.3 Å². The van der Waals surface area contributed by atoms with Crippen molar-refractivity contribution in [3.05, 3.63) is 35.4 Å². The zero-order valence-corrected chi connectivity index (χ0v) is 10.9. The molecule has 0 aliphatic heterocycles. The lowest BCUT2D eigenvalue weighted by Crippen LogP contribution is -2.36. The molecule has 1 fully saturated rings. The molecule has 0 bridgehead atoms. The van der Waals surface area contributed by atoms with Crippen molar-refractivity contribution in [3.63, 3.8) is 0 Å². The van der Waals surface area contributed by atoms with E-state index in [4.69, 9.17) is 0 Å². The van der Waals surface area contributed by atoms with Gasteiger partial charge < -0.3 is 5.32 Å². The lowest BCUT2D eigenvalue weighted by Gasteiger charge is -2.35. The van der Waals surface area contributed by atoms with Crippen LogP contribution in [0, 0.1) is 11.8 Å². The van der Waals surface area contributed by atoms with Crippen molar-refractivity contribution in [3.8, 4) is 0 Å². The van der Waals surface area contributed by atoms with Gasteiger partial charge in [-0.15, -0.1) is 0 Å². The van der Waals surface area contributed by atoms with E-state index in [2.05, 4.69) is 43.6 Å².